The highest BCUT2D eigenvalue weighted by Crippen LogP contribution is 2.31. The number of carbonyl (C=O) groups is 1. The third kappa shape index (κ3) is 6.32. The largest absolute Gasteiger partial charge is 0.480 e. The number of ether oxygens (including phenoxy) is 1. The quantitative estimate of drug-likeness (QED) is 0.553. The summed E-state index contributed by atoms with van der Waals surface area (Å²) in [5.41, 5.74) is -1.51. The molecule has 2 aromatic rings. The zero-order valence-corrected chi connectivity index (χ0v) is 19.2. The van der Waals surface area contributed by atoms with Crippen molar-refractivity contribution >= 4 is 21.6 Å². The number of hydrogen-bond acceptors (Lipinski definition) is 7. The average molecular weight is 526 g/mol. The lowest BCUT2D eigenvalue weighted by Gasteiger charge is -2.35. The molecule has 1 aliphatic heterocycles. The Hall–Kier alpha value is -3.10. The Morgan fingerprint density at radius 1 is 1.00 bits per heavy atom. The fourth-order valence-corrected chi connectivity index (χ4v) is 3.87. The van der Waals surface area contributed by atoms with Crippen molar-refractivity contribution in [2.75, 3.05) is 37.3 Å². The molecule has 1 saturated heterocycles. The van der Waals surface area contributed by atoms with Crippen LogP contribution in [-0.2, 0) is 16.0 Å². The van der Waals surface area contributed by atoms with E-state index in [4.69, 9.17) is 4.74 Å². The van der Waals surface area contributed by atoms with E-state index in [9.17, 15) is 39.6 Å². The highest BCUT2D eigenvalue weighted by molar-refractivity contribution is 7.90. The van der Waals surface area contributed by atoms with Crippen molar-refractivity contribution < 1.29 is 44.3 Å². The Balaban J connectivity index is 1.79. The van der Waals surface area contributed by atoms with Crippen LogP contribution in [0.4, 0.5) is 32.2 Å². The van der Waals surface area contributed by atoms with Crippen molar-refractivity contribution in [2.45, 2.75) is 30.3 Å². The van der Waals surface area contributed by atoms with E-state index >= 15 is 0 Å². The number of hydrogen-bond donors (Lipinski definition) is 0. The second kappa shape index (κ2) is 9.51. The number of aromatic nitrogens is 2. The first-order valence-electron chi connectivity index (χ1n) is 10.1. The Morgan fingerprint density at radius 3 is 2.11 bits per heavy atom. The summed E-state index contributed by atoms with van der Waals surface area (Å²) in [5, 5.41) is 6.72. The van der Waals surface area contributed by atoms with E-state index in [1.165, 1.54) is 4.90 Å². The van der Waals surface area contributed by atoms with Gasteiger partial charge in [-0.1, -0.05) is 0 Å². The van der Waals surface area contributed by atoms with Crippen molar-refractivity contribution in [3.8, 4) is 5.75 Å². The minimum Gasteiger partial charge on any atom is -0.480 e. The van der Waals surface area contributed by atoms with E-state index in [1.54, 1.807) is 4.90 Å². The van der Waals surface area contributed by atoms with Crippen LogP contribution in [0.1, 0.15) is 23.0 Å². The Morgan fingerprint density at radius 2 is 1.63 bits per heavy atom. The van der Waals surface area contributed by atoms with Crippen LogP contribution < -0.4 is 9.64 Å². The first kappa shape index (κ1) is 26.5. The number of rotatable bonds is 5. The molecule has 0 unspecified atom stereocenters. The van der Waals surface area contributed by atoms with Crippen LogP contribution in [0.25, 0.3) is 0 Å². The SMILES string of the molecule is C[C@@H](Oc1ccc(S(C)(=O)=O)cc1C(=O)N1CCN(c2ccc(C(F)(F)F)nn2)CC1)C(F)(F)F. The topological polar surface area (TPSA) is 92.7 Å². The summed E-state index contributed by atoms with van der Waals surface area (Å²) in [6.45, 7) is 1.12. The molecule has 15 heteroatoms. The second-order valence-corrected chi connectivity index (χ2v) is 9.80. The van der Waals surface area contributed by atoms with Gasteiger partial charge in [0.2, 0.25) is 0 Å². The summed E-state index contributed by atoms with van der Waals surface area (Å²) < 4.78 is 106. The minimum atomic E-state index is -4.72. The highest BCUT2D eigenvalue weighted by atomic mass is 32.2. The predicted molar refractivity (Wildman–Crippen MR) is 111 cm³/mol. The number of carbonyl (C=O) groups excluding carboxylic acids is 1. The fourth-order valence-electron chi connectivity index (χ4n) is 3.22. The van der Waals surface area contributed by atoms with Gasteiger partial charge in [-0.15, -0.1) is 10.2 Å². The Labute approximate surface area is 196 Å². The number of alkyl halides is 6. The van der Waals surface area contributed by atoms with Gasteiger partial charge in [-0.2, -0.15) is 26.3 Å². The molecule has 0 bridgehead atoms. The van der Waals surface area contributed by atoms with Crippen LogP contribution in [-0.4, -0.2) is 74.1 Å². The van der Waals surface area contributed by atoms with Crippen molar-refractivity contribution in [2.24, 2.45) is 0 Å². The molecule has 1 aromatic heterocycles. The van der Waals surface area contributed by atoms with Crippen LogP contribution >= 0.6 is 0 Å². The zero-order chi connectivity index (χ0) is 26.2. The highest BCUT2D eigenvalue weighted by Gasteiger charge is 2.39. The van der Waals surface area contributed by atoms with E-state index in [0.717, 1.165) is 43.5 Å². The summed E-state index contributed by atoms with van der Waals surface area (Å²) in [5.74, 6) is -1.02. The van der Waals surface area contributed by atoms with Crippen LogP contribution in [0.2, 0.25) is 0 Å². The van der Waals surface area contributed by atoms with Crippen LogP contribution in [0, 0.1) is 0 Å². The van der Waals surface area contributed by atoms with E-state index in [2.05, 4.69) is 10.2 Å². The first-order chi connectivity index (χ1) is 16.1. The summed E-state index contributed by atoms with van der Waals surface area (Å²) in [4.78, 5) is 15.7. The van der Waals surface area contributed by atoms with Gasteiger partial charge in [0.25, 0.3) is 5.91 Å². The number of sulfone groups is 1. The molecule has 0 spiro atoms. The van der Waals surface area contributed by atoms with Gasteiger partial charge in [0, 0.05) is 32.4 Å². The van der Waals surface area contributed by atoms with Crippen LogP contribution in [0.5, 0.6) is 5.75 Å². The van der Waals surface area contributed by atoms with Crippen molar-refractivity contribution in [1.82, 2.24) is 15.1 Å². The average Bonchev–Trinajstić information content (AvgIpc) is 2.77. The van der Waals surface area contributed by atoms with Crippen molar-refractivity contribution in [1.29, 1.82) is 0 Å². The van der Waals surface area contributed by atoms with Crippen LogP contribution in [0.3, 0.4) is 0 Å². The summed E-state index contributed by atoms with van der Waals surface area (Å²) in [6.07, 6.45) is -10.7. The minimum absolute atomic E-state index is 0.0406. The summed E-state index contributed by atoms with van der Waals surface area (Å²) in [6, 6.07) is 4.94. The fraction of sp³-hybridized carbons (Fsp3) is 0.450. The van der Waals surface area contributed by atoms with Gasteiger partial charge in [0.15, 0.2) is 27.5 Å². The zero-order valence-electron chi connectivity index (χ0n) is 18.4. The third-order valence-electron chi connectivity index (χ3n) is 5.21. The maximum Gasteiger partial charge on any atom is 0.435 e. The van der Waals surface area contributed by atoms with Gasteiger partial charge in [-0.05, 0) is 37.3 Å². The Bertz CT molecular complexity index is 1180. The van der Waals surface area contributed by atoms with Gasteiger partial charge >= 0.3 is 12.4 Å². The molecule has 0 radical (unpaired) electrons. The molecular formula is C20H20F6N4O4S. The lowest BCUT2D eigenvalue weighted by atomic mass is 10.1. The number of nitrogens with zero attached hydrogens (tertiary/aromatic N) is 4. The van der Waals surface area contributed by atoms with E-state index in [-0.39, 0.29) is 42.5 Å². The van der Waals surface area contributed by atoms with Gasteiger partial charge in [0.05, 0.1) is 10.5 Å². The predicted octanol–water partition coefficient (Wildman–Crippen LogP) is 3.19. The van der Waals surface area contributed by atoms with E-state index < -0.39 is 45.6 Å². The second-order valence-electron chi connectivity index (χ2n) is 7.79. The number of amides is 1. The van der Waals surface area contributed by atoms with E-state index in [0.29, 0.717) is 0 Å². The van der Waals surface area contributed by atoms with Gasteiger partial charge < -0.3 is 14.5 Å². The summed E-state index contributed by atoms with van der Waals surface area (Å²) in [7, 11) is -3.77. The molecule has 1 atom stereocenters. The standard InChI is InChI=1S/C20H20F6N4O4S/c1-12(19(21,22)23)34-15-4-3-13(35(2,32)33)11-14(15)18(31)30-9-7-29(8-10-30)17-6-5-16(27-28-17)20(24,25)26/h3-6,11-12H,7-10H2,1-2H3/t12-/m1/s1. The number of halogens is 6. The maximum atomic E-state index is 13.1. The molecular weight excluding hydrogens is 506 g/mol. The lowest BCUT2D eigenvalue weighted by Crippen LogP contribution is -2.49. The molecule has 192 valence electrons. The molecule has 1 fully saturated rings. The molecule has 1 amide bonds. The normalized spacial score (nSPS) is 16.2. The lowest BCUT2D eigenvalue weighted by molar-refractivity contribution is -0.189. The van der Waals surface area contributed by atoms with Gasteiger partial charge in [-0.3, -0.25) is 4.79 Å². The molecule has 8 nitrogen and oxygen atoms in total. The number of benzene rings is 1. The molecule has 1 aromatic carbocycles. The molecule has 35 heavy (non-hydrogen) atoms. The Kier molecular flexibility index (Phi) is 7.20. The summed E-state index contributed by atoms with van der Waals surface area (Å²) >= 11 is 0. The monoisotopic (exact) mass is 526 g/mol. The molecule has 0 N–H and O–H groups in total. The number of piperazine rings is 1. The molecule has 0 saturated carbocycles. The third-order valence-corrected chi connectivity index (χ3v) is 6.32. The molecule has 2 heterocycles. The van der Waals surface area contributed by atoms with Crippen molar-refractivity contribution in [3.63, 3.8) is 0 Å². The molecule has 0 aliphatic carbocycles. The number of anilines is 1. The molecule has 3 rings (SSSR count). The maximum absolute atomic E-state index is 13.1. The van der Waals surface area contributed by atoms with Gasteiger partial charge in [-0.25, -0.2) is 8.42 Å². The van der Waals surface area contributed by atoms with Gasteiger partial charge in [0.1, 0.15) is 5.75 Å². The van der Waals surface area contributed by atoms with E-state index in [1.807, 2.05) is 0 Å². The van der Waals surface area contributed by atoms with Crippen LogP contribution in [0.15, 0.2) is 35.2 Å². The molecule has 1 aliphatic rings. The van der Waals surface area contributed by atoms with Crippen molar-refractivity contribution in [3.05, 3.63) is 41.6 Å². The smallest absolute Gasteiger partial charge is 0.435 e. The first-order valence-corrected chi connectivity index (χ1v) is 12.0.